The summed E-state index contributed by atoms with van der Waals surface area (Å²) in [5.41, 5.74) is -1.93. The Bertz CT molecular complexity index is 652. The van der Waals surface area contributed by atoms with E-state index >= 15 is 0 Å². The van der Waals surface area contributed by atoms with Gasteiger partial charge in [-0.2, -0.15) is 8.42 Å². The van der Waals surface area contributed by atoms with E-state index in [1.807, 2.05) is 0 Å². The predicted molar refractivity (Wildman–Crippen MR) is 54.4 cm³/mol. The molecule has 0 aromatic heterocycles. The number of carboxylic acid groups (broad SMARTS) is 2. The van der Waals surface area contributed by atoms with Crippen LogP contribution in [-0.2, 0) is 10.1 Å². The van der Waals surface area contributed by atoms with Crippen LogP contribution in [0.4, 0.5) is 0 Å². The second-order valence-electron chi connectivity index (χ2n) is 3.62. The zero-order chi connectivity index (χ0) is 14.2. The molecule has 1 N–H and O–H groups in total. The van der Waals surface area contributed by atoms with E-state index in [9.17, 15) is 28.2 Å². The minimum Gasteiger partial charge on any atom is -0.545 e. The van der Waals surface area contributed by atoms with Crippen molar-refractivity contribution < 1.29 is 91.9 Å². The van der Waals surface area contributed by atoms with Crippen LogP contribution in [0.1, 0.15) is 31.8 Å². The number of hydrogen-bond acceptors (Lipinski definition) is 6. The number of carbonyl (C=O) groups is 2. The van der Waals surface area contributed by atoms with Gasteiger partial charge in [-0.15, -0.1) is 0 Å². The average Bonchev–Trinajstić information content (AvgIpc) is 2.17. The Morgan fingerprint density at radius 2 is 1.55 bits per heavy atom. The number of aromatic carboxylic acids is 2. The van der Waals surface area contributed by atoms with E-state index in [0.717, 1.165) is 19.9 Å². The van der Waals surface area contributed by atoms with E-state index in [1.54, 1.807) is 0 Å². The van der Waals surface area contributed by atoms with E-state index in [0.29, 0.717) is 0 Å². The molecule has 1 aromatic carbocycles. The molecule has 0 aliphatic rings. The molecule has 98 valence electrons. The third-order valence-corrected chi connectivity index (χ3v) is 3.45. The molecule has 0 amide bonds. The summed E-state index contributed by atoms with van der Waals surface area (Å²) < 4.78 is 31.2. The molecule has 0 saturated carbocycles. The molecule has 0 fully saturated rings. The molecule has 0 aliphatic heterocycles. The predicted octanol–water partition coefficient (Wildman–Crippen LogP) is -7.71. The molecule has 0 saturated heterocycles. The number of benzene rings is 1. The van der Waals surface area contributed by atoms with Crippen LogP contribution in [0.2, 0.25) is 0 Å². The monoisotopic (exact) mass is 318 g/mol. The first-order valence-corrected chi connectivity index (χ1v) is 6.05. The maximum atomic E-state index is 11.1. The molecule has 0 aliphatic carbocycles. The maximum Gasteiger partial charge on any atom is 1.00 e. The van der Waals surface area contributed by atoms with Gasteiger partial charge in [-0.1, -0.05) is 0 Å². The van der Waals surface area contributed by atoms with E-state index in [4.69, 9.17) is 4.55 Å². The summed E-state index contributed by atoms with van der Waals surface area (Å²) in [7, 11) is -4.81. The van der Waals surface area contributed by atoms with Crippen molar-refractivity contribution in [3.05, 3.63) is 28.3 Å². The molecular formula is C10H8Na2O7S. The molecule has 1 aromatic rings. The second-order valence-corrected chi connectivity index (χ2v) is 4.98. The van der Waals surface area contributed by atoms with Crippen molar-refractivity contribution in [2.24, 2.45) is 0 Å². The fraction of sp³-hybridized carbons (Fsp3) is 0.200. The van der Waals surface area contributed by atoms with E-state index in [-0.39, 0.29) is 70.2 Å². The summed E-state index contributed by atoms with van der Waals surface area (Å²) in [4.78, 5) is 20.8. The van der Waals surface area contributed by atoms with Crippen molar-refractivity contribution in [3.63, 3.8) is 0 Å². The largest absolute Gasteiger partial charge is 1.00 e. The van der Waals surface area contributed by atoms with E-state index in [1.165, 1.54) is 0 Å². The van der Waals surface area contributed by atoms with Gasteiger partial charge in [0.15, 0.2) is 0 Å². The third kappa shape index (κ3) is 4.54. The van der Waals surface area contributed by atoms with Gasteiger partial charge in [0.2, 0.25) is 0 Å². The quantitative estimate of drug-likeness (QED) is 0.432. The third-order valence-electron chi connectivity index (χ3n) is 2.41. The number of rotatable bonds is 3. The second kappa shape index (κ2) is 7.90. The minimum atomic E-state index is -4.81. The SMILES string of the molecule is Cc1cc(C(=O)[O-])c(C)c(C(=O)[O-])c1S(=O)(=O)O.[Na+].[Na+]. The average molecular weight is 318 g/mol. The van der Waals surface area contributed by atoms with Gasteiger partial charge in [0.1, 0.15) is 4.90 Å². The van der Waals surface area contributed by atoms with Crippen LogP contribution in [0.5, 0.6) is 0 Å². The minimum absolute atomic E-state index is 0. The zero-order valence-corrected chi connectivity index (χ0v) is 16.2. The standard InChI is InChI=1S/C10H10O7S.2Na/c1-4-3-6(9(11)12)5(2)7(10(13)14)8(4)18(15,16)17;;/h3H,1-2H3,(H,11,12)(H,13,14)(H,15,16,17);;/q;2*+1/p-2. The van der Waals surface area contributed by atoms with Gasteiger partial charge in [0, 0.05) is 11.1 Å². The molecule has 0 unspecified atom stereocenters. The Morgan fingerprint density at radius 1 is 1.10 bits per heavy atom. The van der Waals surface area contributed by atoms with Gasteiger partial charge in [-0.3, -0.25) is 4.55 Å². The van der Waals surface area contributed by atoms with Crippen molar-refractivity contribution in [2.45, 2.75) is 18.7 Å². The number of carbonyl (C=O) groups excluding carboxylic acids is 2. The molecular weight excluding hydrogens is 310 g/mol. The van der Waals surface area contributed by atoms with Crippen LogP contribution in [0.15, 0.2) is 11.0 Å². The summed E-state index contributed by atoms with van der Waals surface area (Å²) in [5, 5.41) is 21.7. The summed E-state index contributed by atoms with van der Waals surface area (Å²) in [6, 6.07) is 0.917. The van der Waals surface area contributed by atoms with Gasteiger partial charge in [0.25, 0.3) is 10.1 Å². The van der Waals surface area contributed by atoms with Crippen molar-refractivity contribution in [2.75, 3.05) is 0 Å². The van der Waals surface area contributed by atoms with Crippen LogP contribution >= 0.6 is 0 Å². The molecule has 0 radical (unpaired) electrons. The summed E-state index contributed by atoms with van der Waals surface area (Å²) in [5.74, 6) is -3.55. The van der Waals surface area contributed by atoms with Gasteiger partial charge in [-0.25, -0.2) is 0 Å². The molecule has 20 heavy (non-hydrogen) atoms. The Hall–Kier alpha value is 0.0700. The molecule has 0 heterocycles. The van der Waals surface area contributed by atoms with E-state index in [2.05, 4.69) is 0 Å². The first-order chi connectivity index (χ1) is 8.07. The fourth-order valence-electron chi connectivity index (χ4n) is 1.68. The van der Waals surface area contributed by atoms with Crippen LogP contribution in [0.25, 0.3) is 0 Å². The Labute approximate surface area is 159 Å². The summed E-state index contributed by atoms with van der Waals surface area (Å²) in [6.45, 7) is 2.24. The van der Waals surface area contributed by atoms with Crippen molar-refractivity contribution >= 4 is 22.1 Å². The number of aryl methyl sites for hydroxylation is 1. The molecule has 10 heteroatoms. The van der Waals surface area contributed by atoms with Crippen LogP contribution in [0, 0.1) is 13.8 Å². The molecule has 7 nitrogen and oxygen atoms in total. The van der Waals surface area contributed by atoms with Crippen molar-refractivity contribution in [1.82, 2.24) is 0 Å². The normalized spacial score (nSPS) is 10.2. The summed E-state index contributed by atoms with van der Waals surface area (Å²) in [6.07, 6.45) is 0. The molecule has 0 spiro atoms. The van der Waals surface area contributed by atoms with E-state index < -0.39 is 38.1 Å². The molecule has 0 bridgehead atoms. The first-order valence-electron chi connectivity index (χ1n) is 4.61. The number of hydrogen-bond donors (Lipinski definition) is 1. The first kappa shape index (κ1) is 22.4. The van der Waals surface area contributed by atoms with Crippen molar-refractivity contribution in [3.8, 4) is 0 Å². The Balaban J connectivity index is 0. The van der Waals surface area contributed by atoms with Gasteiger partial charge >= 0.3 is 59.1 Å². The van der Waals surface area contributed by atoms with Crippen LogP contribution in [0.3, 0.4) is 0 Å². The smallest absolute Gasteiger partial charge is 0.545 e. The molecule has 1 rings (SSSR count). The van der Waals surface area contributed by atoms with Gasteiger partial charge < -0.3 is 19.8 Å². The summed E-state index contributed by atoms with van der Waals surface area (Å²) >= 11 is 0. The maximum absolute atomic E-state index is 11.1. The van der Waals surface area contributed by atoms with Crippen molar-refractivity contribution in [1.29, 1.82) is 0 Å². The van der Waals surface area contributed by atoms with Gasteiger partial charge in [0.05, 0.1) is 11.9 Å². The number of carboxylic acids is 2. The molecule has 0 atom stereocenters. The fourth-order valence-corrected chi connectivity index (χ4v) is 2.64. The zero-order valence-electron chi connectivity index (χ0n) is 11.4. The van der Waals surface area contributed by atoms with Crippen LogP contribution < -0.4 is 69.3 Å². The Morgan fingerprint density at radius 3 is 1.85 bits per heavy atom. The van der Waals surface area contributed by atoms with Gasteiger partial charge in [-0.05, 0) is 31.0 Å². The van der Waals surface area contributed by atoms with Crippen LogP contribution in [-0.4, -0.2) is 24.9 Å². The Kier molecular flexibility index (Phi) is 8.83. The topological polar surface area (TPSA) is 135 Å².